The summed E-state index contributed by atoms with van der Waals surface area (Å²) < 4.78 is 45.3. The summed E-state index contributed by atoms with van der Waals surface area (Å²) >= 11 is 6.88. The number of amides is 1. The third-order valence-electron chi connectivity index (χ3n) is 4.34. The number of carbonyl (C=O) groups excluding carboxylic acids is 1. The van der Waals surface area contributed by atoms with Crippen LogP contribution in [0.5, 0.6) is 5.75 Å². The molecule has 0 radical (unpaired) electrons. The lowest BCUT2D eigenvalue weighted by atomic mass is 10.2. The number of methoxy groups -OCH3 is 1. The average Bonchev–Trinajstić information content (AvgIpc) is 3.23. The molecule has 1 amide bonds. The lowest BCUT2D eigenvalue weighted by Gasteiger charge is -2.20. The predicted molar refractivity (Wildman–Crippen MR) is 115 cm³/mol. The highest BCUT2D eigenvalue weighted by atomic mass is 35.5. The Morgan fingerprint density at radius 1 is 1.20 bits per heavy atom. The summed E-state index contributed by atoms with van der Waals surface area (Å²) in [5, 5.41) is 4.30. The van der Waals surface area contributed by atoms with Crippen LogP contribution in [0.15, 0.2) is 58.8 Å². The lowest BCUT2D eigenvalue weighted by molar-refractivity contribution is 0.0955. The molecule has 0 spiro atoms. The van der Waals surface area contributed by atoms with Crippen LogP contribution in [0.4, 0.5) is 10.1 Å². The van der Waals surface area contributed by atoms with Crippen LogP contribution >= 0.6 is 22.9 Å². The molecule has 30 heavy (non-hydrogen) atoms. The van der Waals surface area contributed by atoms with Crippen molar-refractivity contribution < 1.29 is 22.3 Å². The van der Waals surface area contributed by atoms with Crippen LogP contribution < -0.4 is 14.4 Å². The second-order valence-electron chi connectivity index (χ2n) is 6.21. The molecule has 0 saturated carbocycles. The zero-order valence-corrected chi connectivity index (χ0v) is 18.4. The normalized spacial score (nSPS) is 11.2. The fraction of sp³-hybridized carbons (Fsp3) is 0.150. The van der Waals surface area contributed by atoms with Gasteiger partial charge in [0.25, 0.3) is 15.9 Å². The fourth-order valence-corrected chi connectivity index (χ4v) is 4.97. The third-order valence-corrected chi connectivity index (χ3v) is 7.32. The first-order valence-corrected chi connectivity index (χ1v) is 11.4. The first kappa shape index (κ1) is 22.1. The van der Waals surface area contributed by atoms with E-state index in [0.29, 0.717) is 11.3 Å². The Bertz CT molecular complexity index is 1160. The zero-order valence-electron chi connectivity index (χ0n) is 16.1. The SMILES string of the molecule is COc1ccc(S(=O)(=O)N(C)c2ccsc2C(=O)NCc2ccc(F)c(Cl)c2)cc1. The molecule has 6 nitrogen and oxygen atoms in total. The highest BCUT2D eigenvalue weighted by Crippen LogP contribution is 2.30. The van der Waals surface area contributed by atoms with Gasteiger partial charge in [-0.1, -0.05) is 17.7 Å². The molecule has 1 heterocycles. The van der Waals surface area contributed by atoms with Crippen molar-refractivity contribution in [3.8, 4) is 5.75 Å². The second kappa shape index (κ2) is 9.03. The van der Waals surface area contributed by atoms with Crippen molar-refractivity contribution in [3.63, 3.8) is 0 Å². The van der Waals surface area contributed by atoms with E-state index in [9.17, 15) is 17.6 Å². The molecule has 158 valence electrons. The topological polar surface area (TPSA) is 75.7 Å². The van der Waals surface area contributed by atoms with Crippen molar-refractivity contribution in [1.82, 2.24) is 5.32 Å². The average molecular weight is 469 g/mol. The van der Waals surface area contributed by atoms with Crippen LogP contribution in [-0.4, -0.2) is 28.5 Å². The summed E-state index contributed by atoms with van der Waals surface area (Å²) in [4.78, 5) is 13.0. The Labute approximate surface area is 182 Å². The smallest absolute Gasteiger partial charge is 0.264 e. The number of hydrogen-bond donors (Lipinski definition) is 1. The molecular formula is C20H18ClFN2O4S2. The Hall–Kier alpha value is -2.62. The number of nitrogens with one attached hydrogen (secondary N) is 1. The molecule has 0 aliphatic carbocycles. The van der Waals surface area contributed by atoms with Crippen LogP contribution in [0.3, 0.4) is 0 Å². The Morgan fingerprint density at radius 2 is 1.90 bits per heavy atom. The molecule has 2 aromatic carbocycles. The van der Waals surface area contributed by atoms with Crippen LogP contribution in [0.2, 0.25) is 5.02 Å². The molecule has 3 rings (SSSR count). The van der Waals surface area contributed by atoms with Gasteiger partial charge in [-0.05, 0) is 53.4 Å². The van der Waals surface area contributed by atoms with Crippen molar-refractivity contribution >= 4 is 44.6 Å². The maximum Gasteiger partial charge on any atom is 0.264 e. The molecule has 0 atom stereocenters. The van der Waals surface area contributed by atoms with E-state index in [4.69, 9.17) is 16.3 Å². The van der Waals surface area contributed by atoms with E-state index >= 15 is 0 Å². The molecule has 1 N–H and O–H groups in total. The van der Waals surface area contributed by atoms with Crippen LogP contribution in [0.1, 0.15) is 15.2 Å². The van der Waals surface area contributed by atoms with E-state index in [1.165, 1.54) is 44.5 Å². The molecule has 0 unspecified atom stereocenters. The fourth-order valence-electron chi connectivity index (χ4n) is 2.67. The number of carbonyl (C=O) groups is 1. The molecule has 0 aliphatic heterocycles. The number of nitrogens with zero attached hydrogens (tertiary/aromatic N) is 1. The molecule has 0 aliphatic rings. The number of thiophene rings is 1. The highest BCUT2D eigenvalue weighted by Gasteiger charge is 2.26. The van der Waals surface area contributed by atoms with Gasteiger partial charge in [0.1, 0.15) is 16.4 Å². The van der Waals surface area contributed by atoms with E-state index < -0.39 is 21.7 Å². The van der Waals surface area contributed by atoms with Gasteiger partial charge in [-0.2, -0.15) is 0 Å². The minimum atomic E-state index is -3.88. The summed E-state index contributed by atoms with van der Waals surface area (Å²) in [6.45, 7) is 0.116. The number of halogens is 2. The van der Waals surface area contributed by atoms with Crippen LogP contribution in [0, 0.1) is 5.82 Å². The van der Waals surface area contributed by atoms with Gasteiger partial charge in [-0.15, -0.1) is 11.3 Å². The first-order chi connectivity index (χ1) is 14.2. The van der Waals surface area contributed by atoms with E-state index in [2.05, 4.69) is 5.32 Å². The summed E-state index contributed by atoms with van der Waals surface area (Å²) in [7, 11) is -0.996. The Morgan fingerprint density at radius 3 is 2.53 bits per heavy atom. The number of rotatable bonds is 7. The van der Waals surface area contributed by atoms with Crippen molar-refractivity contribution in [2.75, 3.05) is 18.5 Å². The molecule has 3 aromatic rings. The zero-order chi connectivity index (χ0) is 21.9. The van der Waals surface area contributed by atoms with E-state index in [1.807, 2.05) is 0 Å². The van der Waals surface area contributed by atoms with Gasteiger partial charge in [-0.25, -0.2) is 12.8 Å². The van der Waals surface area contributed by atoms with Crippen LogP contribution in [-0.2, 0) is 16.6 Å². The molecule has 10 heteroatoms. The van der Waals surface area contributed by atoms with Crippen LogP contribution in [0.25, 0.3) is 0 Å². The summed E-state index contributed by atoms with van der Waals surface area (Å²) in [6, 6.07) is 11.7. The number of anilines is 1. The Balaban J connectivity index is 1.78. The van der Waals surface area contributed by atoms with Gasteiger partial charge < -0.3 is 10.1 Å². The highest BCUT2D eigenvalue weighted by molar-refractivity contribution is 7.92. The number of benzene rings is 2. The molecule has 0 bridgehead atoms. The number of hydrogen-bond acceptors (Lipinski definition) is 5. The van der Waals surface area contributed by atoms with Crippen molar-refractivity contribution in [1.29, 1.82) is 0 Å². The monoisotopic (exact) mass is 468 g/mol. The molecule has 0 saturated heterocycles. The second-order valence-corrected chi connectivity index (χ2v) is 9.51. The van der Waals surface area contributed by atoms with Gasteiger partial charge in [0.05, 0.1) is 22.7 Å². The minimum Gasteiger partial charge on any atom is -0.497 e. The van der Waals surface area contributed by atoms with Gasteiger partial charge in [0, 0.05) is 13.6 Å². The van der Waals surface area contributed by atoms with E-state index in [-0.39, 0.29) is 27.0 Å². The molecular weight excluding hydrogens is 451 g/mol. The van der Waals surface area contributed by atoms with Crippen molar-refractivity contribution in [2.45, 2.75) is 11.4 Å². The maximum atomic E-state index is 13.3. The minimum absolute atomic E-state index is 0.0381. The predicted octanol–water partition coefficient (Wildman–Crippen LogP) is 4.30. The van der Waals surface area contributed by atoms with Gasteiger partial charge >= 0.3 is 0 Å². The number of ether oxygens (including phenoxy) is 1. The summed E-state index contributed by atoms with van der Waals surface area (Å²) in [5.41, 5.74) is 0.873. The summed E-state index contributed by atoms with van der Waals surface area (Å²) in [6.07, 6.45) is 0. The first-order valence-electron chi connectivity index (χ1n) is 8.66. The third kappa shape index (κ3) is 4.58. The maximum absolute atomic E-state index is 13.3. The van der Waals surface area contributed by atoms with Crippen molar-refractivity contribution in [3.05, 3.63) is 75.2 Å². The quantitative estimate of drug-likeness (QED) is 0.560. The lowest BCUT2D eigenvalue weighted by Crippen LogP contribution is -2.29. The van der Waals surface area contributed by atoms with E-state index in [1.54, 1.807) is 23.6 Å². The standard InChI is InChI=1S/C20H18ClFN2O4S2/c1-24(30(26,27)15-6-4-14(28-2)5-7-15)18-9-10-29-19(18)20(25)23-12-13-3-8-17(22)16(21)11-13/h3-11H,12H2,1-2H3,(H,23,25). The molecule has 1 aromatic heterocycles. The van der Waals surface area contributed by atoms with Crippen molar-refractivity contribution in [2.24, 2.45) is 0 Å². The number of sulfonamides is 1. The van der Waals surface area contributed by atoms with Gasteiger partial charge in [-0.3, -0.25) is 9.10 Å². The molecule has 0 fully saturated rings. The Kier molecular flexibility index (Phi) is 6.64. The largest absolute Gasteiger partial charge is 0.497 e. The van der Waals surface area contributed by atoms with Gasteiger partial charge in [0.15, 0.2) is 0 Å². The summed E-state index contributed by atoms with van der Waals surface area (Å²) in [5.74, 6) is -0.456. The van der Waals surface area contributed by atoms with E-state index in [0.717, 1.165) is 15.6 Å². The van der Waals surface area contributed by atoms with Gasteiger partial charge in [0.2, 0.25) is 0 Å².